The van der Waals surface area contributed by atoms with E-state index in [9.17, 15) is 0 Å². The van der Waals surface area contributed by atoms with Crippen molar-refractivity contribution in [2.45, 2.75) is 26.4 Å². The van der Waals surface area contributed by atoms with Gasteiger partial charge in [0.1, 0.15) is 0 Å². The molecule has 0 radical (unpaired) electrons. The van der Waals surface area contributed by atoms with Crippen LogP contribution in [0.25, 0.3) is 0 Å². The van der Waals surface area contributed by atoms with Crippen LogP contribution in [0.4, 0.5) is 0 Å². The quantitative estimate of drug-likeness (QED) is 0.612. The summed E-state index contributed by atoms with van der Waals surface area (Å²) in [6.45, 7) is 5.47. The van der Waals surface area contributed by atoms with E-state index in [0.29, 0.717) is 6.10 Å². The summed E-state index contributed by atoms with van der Waals surface area (Å²) in [6, 6.07) is 0. The summed E-state index contributed by atoms with van der Waals surface area (Å²) in [5, 5.41) is 0. The second-order valence-electron chi connectivity index (χ2n) is 3.20. The predicted molar refractivity (Wildman–Crippen MR) is 46.5 cm³/mol. The first-order valence-electron chi connectivity index (χ1n) is 3.98. The van der Waals surface area contributed by atoms with Crippen LogP contribution < -0.4 is 0 Å². The molecule has 0 aromatic rings. The zero-order valence-electron chi connectivity index (χ0n) is 6.80. The molecule has 0 aliphatic carbocycles. The molecule has 60 valence electrons. The molecule has 1 fully saturated rings. The molecule has 0 saturated carbocycles. The second-order valence-corrected chi connectivity index (χ2v) is 4.35. The number of hydrogen-bond acceptors (Lipinski definition) is 2. The Morgan fingerprint density at radius 3 is 2.90 bits per heavy atom. The largest absolute Gasteiger partial charge is 0.376 e. The van der Waals surface area contributed by atoms with Crippen LogP contribution in [0.3, 0.4) is 0 Å². The van der Waals surface area contributed by atoms with Crippen LogP contribution in [0.5, 0.6) is 0 Å². The summed E-state index contributed by atoms with van der Waals surface area (Å²) in [5.74, 6) is 3.18. The molecular formula is C8H16OS. The van der Waals surface area contributed by atoms with Gasteiger partial charge < -0.3 is 4.74 Å². The lowest BCUT2D eigenvalue weighted by Crippen LogP contribution is -2.24. The van der Waals surface area contributed by atoms with E-state index in [2.05, 4.69) is 13.8 Å². The standard InChI is InChI=1S/C8H16OS/c1-7(2)5-8-6-10-4-3-9-8/h7-8H,3-6H2,1-2H3/t8-/m1/s1. The molecule has 1 aliphatic rings. The van der Waals surface area contributed by atoms with E-state index in [-0.39, 0.29) is 0 Å². The van der Waals surface area contributed by atoms with Gasteiger partial charge >= 0.3 is 0 Å². The van der Waals surface area contributed by atoms with Gasteiger partial charge in [0, 0.05) is 11.5 Å². The molecule has 1 atom stereocenters. The topological polar surface area (TPSA) is 9.23 Å². The van der Waals surface area contributed by atoms with Crippen LogP contribution >= 0.6 is 11.8 Å². The zero-order chi connectivity index (χ0) is 7.40. The third-order valence-corrected chi connectivity index (χ3v) is 2.68. The Balaban J connectivity index is 2.13. The molecular weight excluding hydrogens is 144 g/mol. The second kappa shape index (κ2) is 4.24. The van der Waals surface area contributed by atoms with Gasteiger partial charge in [0.25, 0.3) is 0 Å². The van der Waals surface area contributed by atoms with Crippen molar-refractivity contribution in [3.63, 3.8) is 0 Å². The van der Waals surface area contributed by atoms with Gasteiger partial charge in [-0.3, -0.25) is 0 Å². The molecule has 1 nitrogen and oxygen atoms in total. The minimum atomic E-state index is 0.541. The minimum absolute atomic E-state index is 0.541. The van der Waals surface area contributed by atoms with E-state index >= 15 is 0 Å². The van der Waals surface area contributed by atoms with Gasteiger partial charge in [-0.25, -0.2) is 0 Å². The minimum Gasteiger partial charge on any atom is -0.376 e. The third-order valence-electron chi connectivity index (χ3n) is 1.62. The van der Waals surface area contributed by atoms with Crippen molar-refractivity contribution in [1.82, 2.24) is 0 Å². The normalized spacial score (nSPS) is 27.3. The maximum atomic E-state index is 5.57. The fourth-order valence-electron chi connectivity index (χ4n) is 1.20. The van der Waals surface area contributed by atoms with Gasteiger partial charge in [-0.1, -0.05) is 13.8 Å². The summed E-state index contributed by atoms with van der Waals surface area (Å²) in [6.07, 6.45) is 1.77. The van der Waals surface area contributed by atoms with Crippen molar-refractivity contribution in [2.24, 2.45) is 5.92 Å². The number of thioether (sulfide) groups is 1. The monoisotopic (exact) mass is 160 g/mol. The van der Waals surface area contributed by atoms with E-state index < -0.39 is 0 Å². The fraction of sp³-hybridized carbons (Fsp3) is 1.00. The lowest BCUT2D eigenvalue weighted by Gasteiger charge is -2.23. The maximum Gasteiger partial charge on any atom is 0.0668 e. The van der Waals surface area contributed by atoms with Crippen LogP contribution in [0.15, 0.2) is 0 Å². The van der Waals surface area contributed by atoms with E-state index in [4.69, 9.17) is 4.74 Å². The highest BCUT2D eigenvalue weighted by Crippen LogP contribution is 2.18. The predicted octanol–water partition coefficient (Wildman–Crippen LogP) is 2.16. The molecule has 0 amide bonds. The van der Waals surface area contributed by atoms with Crippen molar-refractivity contribution in [1.29, 1.82) is 0 Å². The van der Waals surface area contributed by atoms with Crippen LogP contribution in [0, 0.1) is 5.92 Å². The first-order valence-corrected chi connectivity index (χ1v) is 5.14. The fourth-order valence-corrected chi connectivity index (χ4v) is 2.07. The molecule has 1 rings (SSSR count). The molecule has 10 heavy (non-hydrogen) atoms. The summed E-state index contributed by atoms with van der Waals surface area (Å²) >= 11 is 2.02. The molecule has 1 saturated heterocycles. The Hall–Kier alpha value is 0.310. The molecule has 0 spiro atoms. The summed E-state index contributed by atoms with van der Waals surface area (Å²) in [7, 11) is 0. The van der Waals surface area contributed by atoms with Gasteiger partial charge in [-0.05, 0) is 12.3 Å². The number of hydrogen-bond donors (Lipinski definition) is 0. The van der Waals surface area contributed by atoms with Crippen LogP contribution in [0.2, 0.25) is 0 Å². The lowest BCUT2D eigenvalue weighted by atomic mass is 10.1. The highest BCUT2D eigenvalue weighted by atomic mass is 32.2. The zero-order valence-corrected chi connectivity index (χ0v) is 7.62. The van der Waals surface area contributed by atoms with Crippen molar-refractivity contribution in [3.8, 4) is 0 Å². The maximum absolute atomic E-state index is 5.57. The van der Waals surface area contributed by atoms with E-state index in [1.165, 1.54) is 17.9 Å². The van der Waals surface area contributed by atoms with E-state index in [0.717, 1.165) is 12.5 Å². The number of rotatable bonds is 2. The summed E-state index contributed by atoms with van der Waals surface area (Å²) < 4.78 is 5.57. The molecule has 2 heteroatoms. The Morgan fingerprint density at radius 2 is 2.40 bits per heavy atom. The molecule has 0 aromatic carbocycles. The molecule has 1 aliphatic heterocycles. The average molecular weight is 160 g/mol. The summed E-state index contributed by atoms with van der Waals surface area (Å²) in [4.78, 5) is 0. The van der Waals surface area contributed by atoms with Crippen molar-refractivity contribution in [2.75, 3.05) is 18.1 Å². The molecule has 0 unspecified atom stereocenters. The molecule has 0 bridgehead atoms. The van der Waals surface area contributed by atoms with Gasteiger partial charge in [-0.15, -0.1) is 0 Å². The Kier molecular flexibility index (Phi) is 3.57. The first kappa shape index (κ1) is 8.41. The SMILES string of the molecule is CC(C)C[C@@H]1CSCCO1. The van der Waals surface area contributed by atoms with E-state index in [1.54, 1.807) is 0 Å². The average Bonchev–Trinajstić information content (AvgIpc) is 1.88. The van der Waals surface area contributed by atoms with Gasteiger partial charge in [-0.2, -0.15) is 11.8 Å². The smallest absolute Gasteiger partial charge is 0.0668 e. The molecule has 0 aromatic heterocycles. The summed E-state index contributed by atoms with van der Waals surface area (Å²) in [5.41, 5.74) is 0. The molecule has 1 heterocycles. The van der Waals surface area contributed by atoms with Crippen molar-refractivity contribution < 1.29 is 4.74 Å². The van der Waals surface area contributed by atoms with Gasteiger partial charge in [0.05, 0.1) is 12.7 Å². The first-order chi connectivity index (χ1) is 4.79. The highest BCUT2D eigenvalue weighted by molar-refractivity contribution is 7.99. The number of ether oxygens (including phenoxy) is 1. The molecule has 0 N–H and O–H groups in total. The van der Waals surface area contributed by atoms with Crippen molar-refractivity contribution >= 4 is 11.8 Å². The Bertz CT molecular complexity index is 87.3. The Morgan fingerprint density at radius 1 is 1.60 bits per heavy atom. The highest BCUT2D eigenvalue weighted by Gasteiger charge is 2.14. The van der Waals surface area contributed by atoms with E-state index in [1.807, 2.05) is 11.8 Å². The van der Waals surface area contributed by atoms with Crippen LogP contribution in [0.1, 0.15) is 20.3 Å². The Labute approximate surface area is 67.5 Å². The van der Waals surface area contributed by atoms with Gasteiger partial charge in [0.2, 0.25) is 0 Å². The van der Waals surface area contributed by atoms with Crippen LogP contribution in [-0.4, -0.2) is 24.2 Å². The van der Waals surface area contributed by atoms with Crippen LogP contribution in [-0.2, 0) is 4.74 Å². The lowest BCUT2D eigenvalue weighted by molar-refractivity contribution is 0.0609. The van der Waals surface area contributed by atoms with Crippen molar-refractivity contribution in [3.05, 3.63) is 0 Å². The third kappa shape index (κ3) is 2.93. The van der Waals surface area contributed by atoms with Gasteiger partial charge in [0.15, 0.2) is 0 Å².